The van der Waals surface area contributed by atoms with Gasteiger partial charge in [0.2, 0.25) is 0 Å². The van der Waals surface area contributed by atoms with E-state index in [0.717, 1.165) is 5.57 Å². The second-order valence-corrected chi connectivity index (χ2v) is 8.43. The molecule has 30 heavy (non-hydrogen) atoms. The van der Waals surface area contributed by atoms with Crippen LogP contribution in [0.4, 0.5) is 0 Å². The molecule has 1 heterocycles. The Kier molecular flexibility index (Phi) is 6.19. The molecule has 0 aromatic rings. The molecule has 2 fully saturated rings. The normalized spacial score (nSPS) is 35.7. The molecule has 2 aliphatic carbocycles. The molecule has 1 saturated heterocycles. The van der Waals surface area contributed by atoms with Crippen LogP contribution in [0.15, 0.2) is 35.5 Å². The number of esters is 3. The van der Waals surface area contributed by atoms with Crippen molar-refractivity contribution >= 4 is 17.9 Å². The van der Waals surface area contributed by atoms with Gasteiger partial charge >= 0.3 is 17.9 Å². The van der Waals surface area contributed by atoms with Crippen molar-refractivity contribution in [1.29, 1.82) is 0 Å². The molecule has 164 valence electrons. The molecule has 3 rings (SSSR count). The molecule has 2 N–H and O–H groups in total. The van der Waals surface area contributed by atoms with E-state index in [0.29, 0.717) is 6.42 Å². The second kappa shape index (κ2) is 8.35. The molecule has 0 aromatic heterocycles. The van der Waals surface area contributed by atoms with E-state index >= 15 is 0 Å². The predicted octanol–water partition coefficient (Wildman–Crippen LogP) is 1.21. The van der Waals surface area contributed by atoms with Crippen LogP contribution < -0.4 is 0 Å². The number of ether oxygens (including phenoxy) is 3. The van der Waals surface area contributed by atoms with Crippen LogP contribution in [0.25, 0.3) is 0 Å². The van der Waals surface area contributed by atoms with Gasteiger partial charge in [-0.15, -0.1) is 0 Å². The van der Waals surface area contributed by atoms with Crippen LogP contribution in [0.1, 0.15) is 33.6 Å². The Labute approximate surface area is 175 Å². The summed E-state index contributed by atoms with van der Waals surface area (Å²) in [7, 11) is 0. The Morgan fingerprint density at radius 3 is 2.73 bits per heavy atom. The van der Waals surface area contributed by atoms with Crippen molar-refractivity contribution in [3.63, 3.8) is 0 Å². The second-order valence-electron chi connectivity index (χ2n) is 8.43. The summed E-state index contributed by atoms with van der Waals surface area (Å²) in [5.41, 5.74) is 0.0415. The zero-order chi connectivity index (χ0) is 22.2. The van der Waals surface area contributed by atoms with E-state index in [1.165, 1.54) is 13.0 Å². The molecule has 8 heteroatoms. The lowest BCUT2D eigenvalue weighted by Crippen LogP contribution is -2.40. The van der Waals surface area contributed by atoms with Crippen molar-refractivity contribution in [3.05, 3.63) is 35.5 Å². The molecule has 0 aromatic carbocycles. The highest BCUT2D eigenvalue weighted by Crippen LogP contribution is 2.52. The number of rotatable bonds is 5. The van der Waals surface area contributed by atoms with E-state index < -0.39 is 48.2 Å². The van der Waals surface area contributed by atoms with Crippen LogP contribution in [0, 0.1) is 17.8 Å². The molecule has 1 aliphatic heterocycles. The molecule has 6 atom stereocenters. The fourth-order valence-corrected chi connectivity index (χ4v) is 4.89. The molecule has 6 unspecified atom stereocenters. The molecular weight excluding hydrogens is 392 g/mol. The largest absolute Gasteiger partial charge is 0.461 e. The van der Waals surface area contributed by atoms with Gasteiger partial charge in [0.05, 0.1) is 23.7 Å². The summed E-state index contributed by atoms with van der Waals surface area (Å²) < 4.78 is 16.2. The van der Waals surface area contributed by atoms with E-state index in [2.05, 4.69) is 6.58 Å². The highest BCUT2D eigenvalue weighted by molar-refractivity contribution is 5.92. The first-order valence-corrected chi connectivity index (χ1v) is 10.00. The first-order valence-electron chi connectivity index (χ1n) is 10.00. The van der Waals surface area contributed by atoms with Crippen molar-refractivity contribution < 1.29 is 38.8 Å². The standard InChI is InChI=1S/C22H28O8/c1-11-5-6-15-17(11)19-18(12(2)20(25)30-19)16(9-22(15,4)27)29-21(26)14(7-8-23)10-28-13(3)24/h5,7,15-19,23,27H,2,6,8-10H2,1,3-4H3. The maximum atomic E-state index is 12.8. The highest BCUT2D eigenvalue weighted by atomic mass is 16.6. The Bertz CT molecular complexity index is 821. The number of aliphatic hydroxyl groups is 2. The summed E-state index contributed by atoms with van der Waals surface area (Å²) >= 11 is 0. The monoisotopic (exact) mass is 420 g/mol. The van der Waals surface area contributed by atoms with Gasteiger partial charge in [-0.3, -0.25) is 4.79 Å². The third-order valence-electron chi connectivity index (χ3n) is 6.37. The van der Waals surface area contributed by atoms with Crippen LogP contribution in [-0.4, -0.2) is 59.1 Å². The minimum Gasteiger partial charge on any atom is -0.461 e. The smallest absolute Gasteiger partial charge is 0.337 e. The molecular formula is C22H28O8. The number of carbonyl (C=O) groups excluding carboxylic acids is 3. The summed E-state index contributed by atoms with van der Waals surface area (Å²) in [6, 6.07) is 0. The van der Waals surface area contributed by atoms with Crippen LogP contribution in [0.5, 0.6) is 0 Å². The van der Waals surface area contributed by atoms with Crippen LogP contribution in [0.2, 0.25) is 0 Å². The summed E-state index contributed by atoms with van der Waals surface area (Å²) in [6.07, 6.45) is 2.53. The minimum atomic E-state index is -1.17. The van der Waals surface area contributed by atoms with Crippen LogP contribution in [-0.2, 0) is 28.6 Å². The predicted molar refractivity (Wildman–Crippen MR) is 105 cm³/mol. The molecule has 3 aliphatic rings. The Morgan fingerprint density at radius 2 is 2.10 bits per heavy atom. The number of fused-ring (bicyclic) bond motifs is 3. The van der Waals surface area contributed by atoms with E-state index in [9.17, 15) is 24.6 Å². The van der Waals surface area contributed by atoms with Gasteiger partial charge in [0.1, 0.15) is 18.8 Å². The maximum Gasteiger partial charge on any atom is 0.337 e. The third kappa shape index (κ3) is 4.06. The van der Waals surface area contributed by atoms with Crippen molar-refractivity contribution in [3.8, 4) is 0 Å². The van der Waals surface area contributed by atoms with Crippen LogP contribution in [0.3, 0.4) is 0 Å². The quantitative estimate of drug-likeness (QED) is 0.295. The minimum absolute atomic E-state index is 0.0275. The summed E-state index contributed by atoms with van der Waals surface area (Å²) in [6.45, 7) is 7.91. The van der Waals surface area contributed by atoms with Crippen molar-refractivity contribution in [1.82, 2.24) is 0 Å². The van der Waals surface area contributed by atoms with Gasteiger partial charge in [-0.25, -0.2) is 9.59 Å². The van der Waals surface area contributed by atoms with Gasteiger partial charge in [0, 0.05) is 30.8 Å². The molecule has 0 radical (unpaired) electrons. The number of carbonyl (C=O) groups is 3. The summed E-state index contributed by atoms with van der Waals surface area (Å²) in [4.78, 5) is 36.2. The number of hydrogen-bond donors (Lipinski definition) is 2. The van der Waals surface area contributed by atoms with E-state index in [1.54, 1.807) is 6.92 Å². The van der Waals surface area contributed by atoms with Gasteiger partial charge in [0.15, 0.2) is 0 Å². The average Bonchev–Trinajstić information content (AvgIpc) is 3.15. The lowest BCUT2D eigenvalue weighted by Gasteiger charge is -2.34. The summed E-state index contributed by atoms with van der Waals surface area (Å²) in [5.74, 6) is -2.88. The SMILES string of the molecule is C=C1C(=O)OC2C1C(OC(=O)C(=CCO)COC(C)=O)CC(C)(O)C1CC=C(C)C21. The topological polar surface area (TPSA) is 119 Å². The van der Waals surface area contributed by atoms with Crippen molar-refractivity contribution in [2.75, 3.05) is 13.2 Å². The Morgan fingerprint density at radius 1 is 1.40 bits per heavy atom. The fourth-order valence-electron chi connectivity index (χ4n) is 4.89. The van der Waals surface area contributed by atoms with Gasteiger partial charge in [-0.1, -0.05) is 18.2 Å². The van der Waals surface area contributed by atoms with Crippen molar-refractivity contribution in [2.24, 2.45) is 17.8 Å². The van der Waals surface area contributed by atoms with Gasteiger partial charge in [-0.2, -0.15) is 0 Å². The fraction of sp³-hybridized carbons (Fsp3) is 0.591. The average molecular weight is 420 g/mol. The van der Waals surface area contributed by atoms with Crippen LogP contribution >= 0.6 is 0 Å². The molecule has 0 spiro atoms. The summed E-state index contributed by atoms with van der Waals surface area (Å²) in [5, 5.41) is 20.4. The van der Waals surface area contributed by atoms with Gasteiger partial charge < -0.3 is 24.4 Å². The highest BCUT2D eigenvalue weighted by Gasteiger charge is 2.58. The number of allylic oxidation sites excluding steroid dienone is 1. The van der Waals surface area contributed by atoms with Gasteiger partial charge in [0.25, 0.3) is 0 Å². The molecule has 0 amide bonds. The van der Waals surface area contributed by atoms with Crippen molar-refractivity contribution in [2.45, 2.75) is 51.4 Å². The molecule has 1 saturated carbocycles. The van der Waals surface area contributed by atoms with E-state index in [1.807, 2.05) is 13.0 Å². The van der Waals surface area contributed by atoms with E-state index in [-0.39, 0.29) is 36.0 Å². The lowest BCUT2D eigenvalue weighted by molar-refractivity contribution is -0.151. The number of hydrogen-bond acceptors (Lipinski definition) is 8. The number of aliphatic hydroxyl groups excluding tert-OH is 1. The first-order chi connectivity index (χ1) is 14.1. The zero-order valence-corrected chi connectivity index (χ0v) is 17.4. The van der Waals surface area contributed by atoms with Gasteiger partial charge in [-0.05, 0) is 26.3 Å². The Hall–Kier alpha value is -2.45. The first kappa shape index (κ1) is 22.2. The van der Waals surface area contributed by atoms with E-state index in [4.69, 9.17) is 14.2 Å². The zero-order valence-electron chi connectivity index (χ0n) is 17.4. The molecule has 0 bridgehead atoms. The molecule has 8 nitrogen and oxygen atoms in total. The maximum absolute atomic E-state index is 12.8. The Balaban J connectivity index is 1.91. The lowest BCUT2D eigenvalue weighted by atomic mass is 9.76. The third-order valence-corrected chi connectivity index (χ3v) is 6.37.